The van der Waals surface area contributed by atoms with Gasteiger partial charge in [-0.2, -0.15) is 0 Å². The summed E-state index contributed by atoms with van der Waals surface area (Å²) >= 11 is 0. The summed E-state index contributed by atoms with van der Waals surface area (Å²) < 4.78 is 0. The zero-order valence-corrected chi connectivity index (χ0v) is 10.5. The maximum Gasteiger partial charge on any atom is 0.186 e. The van der Waals surface area contributed by atoms with Gasteiger partial charge in [-0.25, -0.2) is 0 Å². The van der Waals surface area contributed by atoms with E-state index in [-0.39, 0.29) is 11.6 Å². The minimum Gasteiger partial charge on any atom is -0.290 e. The number of rotatable bonds is 4. The molecule has 0 unspecified atom stereocenters. The molecule has 1 aliphatic rings. The zero-order valence-electron chi connectivity index (χ0n) is 10.5. The predicted octanol–water partition coefficient (Wildman–Crippen LogP) is 3.12. The Bertz CT molecular complexity index is 519. The fourth-order valence-electron chi connectivity index (χ4n) is 1.97. The van der Waals surface area contributed by atoms with Gasteiger partial charge in [-0.15, -0.1) is 0 Å². The molecule has 0 saturated carbocycles. The normalized spacial score (nSPS) is 14.8. The summed E-state index contributed by atoms with van der Waals surface area (Å²) in [4.78, 5) is 23.0. The average molecular weight is 240 g/mol. The van der Waals surface area contributed by atoms with Crippen LogP contribution in [0.2, 0.25) is 0 Å². The van der Waals surface area contributed by atoms with E-state index in [2.05, 4.69) is 6.92 Å². The lowest BCUT2D eigenvalue weighted by Gasteiger charge is -2.08. The number of carbonyl (C=O) groups excluding carboxylic acids is 2. The molecule has 2 rings (SSSR count). The summed E-state index contributed by atoms with van der Waals surface area (Å²) in [5.74, 6) is -0.226. The minimum atomic E-state index is -0.125. The Morgan fingerprint density at radius 3 is 2.39 bits per heavy atom. The molecule has 0 radical (unpaired) electrons. The second kappa shape index (κ2) is 5.58. The van der Waals surface area contributed by atoms with Gasteiger partial charge in [-0.05, 0) is 42.2 Å². The van der Waals surface area contributed by atoms with Crippen molar-refractivity contribution in [3.63, 3.8) is 0 Å². The topological polar surface area (TPSA) is 34.1 Å². The molecule has 0 spiro atoms. The van der Waals surface area contributed by atoms with Crippen LogP contribution < -0.4 is 0 Å². The van der Waals surface area contributed by atoms with E-state index in [1.807, 2.05) is 24.3 Å². The maximum atomic E-state index is 11.7. The number of benzene rings is 1. The van der Waals surface area contributed by atoms with E-state index >= 15 is 0 Å². The van der Waals surface area contributed by atoms with Crippen LogP contribution in [0.15, 0.2) is 42.5 Å². The van der Waals surface area contributed by atoms with Gasteiger partial charge < -0.3 is 0 Å². The monoisotopic (exact) mass is 240 g/mol. The van der Waals surface area contributed by atoms with E-state index in [9.17, 15) is 9.59 Å². The van der Waals surface area contributed by atoms with Gasteiger partial charge in [0.1, 0.15) is 0 Å². The SMILES string of the molecule is CCCCc1ccc(C2=CC(=O)C=CC2=O)cc1. The van der Waals surface area contributed by atoms with Gasteiger partial charge in [-0.3, -0.25) is 9.59 Å². The molecule has 0 bridgehead atoms. The van der Waals surface area contributed by atoms with Crippen molar-refractivity contribution in [2.75, 3.05) is 0 Å². The first kappa shape index (κ1) is 12.5. The Morgan fingerprint density at radius 2 is 1.72 bits per heavy atom. The van der Waals surface area contributed by atoms with Crippen LogP contribution in [0, 0.1) is 0 Å². The lowest BCUT2D eigenvalue weighted by Crippen LogP contribution is -2.06. The Kier molecular flexibility index (Phi) is 3.88. The first-order valence-electron chi connectivity index (χ1n) is 6.28. The molecule has 0 atom stereocenters. The van der Waals surface area contributed by atoms with Crippen LogP contribution in [0.3, 0.4) is 0 Å². The Morgan fingerprint density at radius 1 is 1.00 bits per heavy atom. The molecule has 1 aromatic carbocycles. The van der Waals surface area contributed by atoms with Gasteiger partial charge >= 0.3 is 0 Å². The summed E-state index contributed by atoms with van der Waals surface area (Å²) in [6.45, 7) is 2.16. The molecular weight excluding hydrogens is 224 g/mol. The molecular formula is C16H16O2. The summed E-state index contributed by atoms with van der Waals surface area (Å²) in [5, 5.41) is 0. The Labute approximate surface area is 107 Å². The van der Waals surface area contributed by atoms with E-state index < -0.39 is 0 Å². The number of allylic oxidation sites excluding steroid dienone is 4. The maximum absolute atomic E-state index is 11.7. The molecule has 0 N–H and O–H groups in total. The largest absolute Gasteiger partial charge is 0.290 e. The highest BCUT2D eigenvalue weighted by Crippen LogP contribution is 2.20. The molecule has 0 fully saturated rings. The molecule has 92 valence electrons. The van der Waals surface area contributed by atoms with Crippen molar-refractivity contribution in [2.24, 2.45) is 0 Å². The molecule has 2 heteroatoms. The van der Waals surface area contributed by atoms with Crippen molar-refractivity contribution in [1.29, 1.82) is 0 Å². The van der Waals surface area contributed by atoms with E-state index in [1.165, 1.54) is 36.6 Å². The van der Waals surface area contributed by atoms with Crippen molar-refractivity contribution in [3.8, 4) is 0 Å². The molecule has 1 aliphatic carbocycles. The summed E-state index contributed by atoms with van der Waals surface area (Å²) in [6.07, 6.45) is 7.45. The third-order valence-corrected chi connectivity index (χ3v) is 3.03. The second-order valence-electron chi connectivity index (χ2n) is 4.46. The first-order valence-corrected chi connectivity index (χ1v) is 6.28. The van der Waals surface area contributed by atoms with Gasteiger partial charge in [0.15, 0.2) is 11.6 Å². The molecule has 0 heterocycles. The molecule has 0 amide bonds. The van der Waals surface area contributed by atoms with E-state index in [0.29, 0.717) is 5.57 Å². The number of unbranched alkanes of at least 4 members (excludes halogenated alkanes) is 1. The molecule has 0 aromatic heterocycles. The van der Waals surface area contributed by atoms with Crippen molar-refractivity contribution in [3.05, 3.63) is 53.6 Å². The van der Waals surface area contributed by atoms with Crippen molar-refractivity contribution in [2.45, 2.75) is 26.2 Å². The number of carbonyl (C=O) groups is 2. The van der Waals surface area contributed by atoms with Crippen molar-refractivity contribution >= 4 is 17.1 Å². The Balaban J connectivity index is 2.19. The van der Waals surface area contributed by atoms with Gasteiger partial charge in [-0.1, -0.05) is 37.6 Å². The standard InChI is InChI=1S/C16H16O2/c1-2-3-4-12-5-7-13(8-6-12)15-11-14(17)9-10-16(15)18/h5-11H,2-4H2,1H3. The number of hydrogen-bond acceptors (Lipinski definition) is 2. The summed E-state index contributed by atoms with van der Waals surface area (Å²) in [7, 11) is 0. The van der Waals surface area contributed by atoms with Crippen molar-refractivity contribution in [1.82, 2.24) is 0 Å². The quantitative estimate of drug-likeness (QED) is 0.758. The average Bonchev–Trinajstić information content (AvgIpc) is 2.40. The zero-order chi connectivity index (χ0) is 13.0. The highest BCUT2D eigenvalue weighted by atomic mass is 16.1. The summed E-state index contributed by atoms with van der Waals surface area (Å²) in [6, 6.07) is 7.89. The van der Waals surface area contributed by atoms with Crippen LogP contribution in [-0.4, -0.2) is 11.6 Å². The Hall–Kier alpha value is -1.96. The predicted molar refractivity (Wildman–Crippen MR) is 72.2 cm³/mol. The smallest absolute Gasteiger partial charge is 0.186 e. The van der Waals surface area contributed by atoms with Crippen LogP contribution in [0.5, 0.6) is 0 Å². The number of ketones is 2. The fourth-order valence-corrected chi connectivity index (χ4v) is 1.97. The fraction of sp³-hybridized carbons (Fsp3) is 0.250. The van der Waals surface area contributed by atoms with Gasteiger partial charge in [0.2, 0.25) is 0 Å². The van der Waals surface area contributed by atoms with Gasteiger partial charge in [0.25, 0.3) is 0 Å². The third kappa shape index (κ3) is 2.83. The lowest BCUT2D eigenvalue weighted by molar-refractivity contribution is -0.113. The number of aryl methyl sites for hydroxylation is 1. The van der Waals surface area contributed by atoms with Crippen LogP contribution in [0.1, 0.15) is 30.9 Å². The van der Waals surface area contributed by atoms with Crippen LogP contribution >= 0.6 is 0 Å². The first-order chi connectivity index (χ1) is 8.70. The second-order valence-corrected chi connectivity index (χ2v) is 4.46. The number of hydrogen-bond donors (Lipinski definition) is 0. The highest BCUT2D eigenvalue weighted by molar-refractivity contribution is 6.33. The molecule has 0 aliphatic heterocycles. The van der Waals surface area contributed by atoms with Crippen LogP contribution in [0.4, 0.5) is 0 Å². The van der Waals surface area contributed by atoms with Crippen LogP contribution in [-0.2, 0) is 16.0 Å². The molecule has 18 heavy (non-hydrogen) atoms. The lowest BCUT2D eigenvalue weighted by atomic mass is 9.95. The van der Waals surface area contributed by atoms with E-state index in [4.69, 9.17) is 0 Å². The van der Waals surface area contributed by atoms with E-state index in [0.717, 1.165) is 12.0 Å². The molecule has 2 nitrogen and oxygen atoms in total. The molecule has 0 saturated heterocycles. The van der Waals surface area contributed by atoms with Crippen molar-refractivity contribution < 1.29 is 9.59 Å². The van der Waals surface area contributed by atoms with Gasteiger partial charge in [0.05, 0.1) is 0 Å². The third-order valence-electron chi connectivity index (χ3n) is 3.03. The van der Waals surface area contributed by atoms with Crippen LogP contribution in [0.25, 0.3) is 5.57 Å². The van der Waals surface area contributed by atoms with E-state index in [1.54, 1.807) is 0 Å². The van der Waals surface area contributed by atoms with Gasteiger partial charge in [0, 0.05) is 5.57 Å². The summed E-state index contributed by atoms with van der Waals surface area (Å²) in [5.41, 5.74) is 2.58. The highest BCUT2D eigenvalue weighted by Gasteiger charge is 2.14. The minimum absolute atomic E-state index is 0.101. The molecule has 1 aromatic rings.